The number of carbonyl (C=O) groups is 1. The summed E-state index contributed by atoms with van der Waals surface area (Å²) in [6.45, 7) is 2.85. The molecule has 1 unspecified atom stereocenters. The molecule has 1 aliphatic heterocycles. The van der Waals surface area contributed by atoms with Crippen molar-refractivity contribution in [3.8, 4) is 0 Å². The van der Waals surface area contributed by atoms with Crippen molar-refractivity contribution in [3.05, 3.63) is 34.9 Å². The van der Waals surface area contributed by atoms with Crippen LogP contribution in [0.3, 0.4) is 0 Å². The standard InChI is InChI=1S/C13H16ClNO2/c1-9(13(17)15-7-12(16)8-15)5-10-3-2-4-11(14)6-10/h2-4,6,9,12,16H,5,7-8H2,1H3. The van der Waals surface area contributed by atoms with Gasteiger partial charge in [-0.2, -0.15) is 0 Å². The predicted octanol–water partition coefficient (Wildman–Crippen LogP) is 1.72. The maximum Gasteiger partial charge on any atom is 0.225 e. The summed E-state index contributed by atoms with van der Waals surface area (Å²) in [7, 11) is 0. The molecular formula is C13H16ClNO2. The van der Waals surface area contributed by atoms with Crippen molar-refractivity contribution in [1.29, 1.82) is 0 Å². The number of carbonyl (C=O) groups excluding carboxylic acids is 1. The summed E-state index contributed by atoms with van der Waals surface area (Å²) in [5.41, 5.74) is 1.07. The van der Waals surface area contributed by atoms with Gasteiger partial charge in [-0.1, -0.05) is 30.7 Å². The van der Waals surface area contributed by atoms with E-state index in [-0.39, 0.29) is 17.9 Å². The molecule has 0 aliphatic carbocycles. The molecule has 1 atom stereocenters. The highest BCUT2D eigenvalue weighted by molar-refractivity contribution is 6.30. The minimum Gasteiger partial charge on any atom is -0.389 e. The van der Waals surface area contributed by atoms with E-state index in [4.69, 9.17) is 16.7 Å². The number of rotatable bonds is 3. The van der Waals surface area contributed by atoms with Crippen LogP contribution in [0.1, 0.15) is 12.5 Å². The van der Waals surface area contributed by atoms with Crippen LogP contribution in [0, 0.1) is 5.92 Å². The highest BCUT2D eigenvalue weighted by Gasteiger charge is 2.31. The number of hydrogen-bond donors (Lipinski definition) is 1. The van der Waals surface area contributed by atoms with Crippen molar-refractivity contribution in [2.45, 2.75) is 19.4 Å². The number of nitrogens with zero attached hydrogens (tertiary/aromatic N) is 1. The van der Waals surface area contributed by atoms with E-state index in [1.165, 1.54) is 0 Å². The molecule has 1 aromatic rings. The third kappa shape index (κ3) is 2.99. The number of amides is 1. The van der Waals surface area contributed by atoms with Crippen LogP contribution in [0.25, 0.3) is 0 Å². The third-order valence-corrected chi connectivity index (χ3v) is 3.26. The van der Waals surface area contributed by atoms with E-state index in [0.29, 0.717) is 24.5 Å². The molecule has 1 aromatic carbocycles. The first-order valence-electron chi connectivity index (χ1n) is 5.77. The summed E-state index contributed by atoms with van der Waals surface area (Å²) in [6, 6.07) is 7.57. The molecule has 0 radical (unpaired) electrons. The SMILES string of the molecule is CC(Cc1cccc(Cl)c1)C(=O)N1CC(O)C1. The van der Waals surface area contributed by atoms with Crippen LogP contribution in [0.15, 0.2) is 24.3 Å². The van der Waals surface area contributed by atoms with Gasteiger partial charge < -0.3 is 10.0 Å². The topological polar surface area (TPSA) is 40.5 Å². The normalized spacial score (nSPS) is 17.7. The second-order valence-electron chi connectivity index (χ2n) is 4.63. The highest BCUT2D eigenvalue weighted by Crippen LogP contribution is 2.18. The van der Waals surface area contributed by atoms with Gasteiger partial charge in [-0.05, 0) is 24.1 Å². The van der Waals surface area contributed by atoms with Crippen molar-refractivity contribution in [1.82, 2.24) is 4.90 Å². The Balaban J connectivity index is 1.92. The summed E-state index contributed by atoms with van der Waals surface area (Å²) in [6.07, 6.45) is 0.351. The number of halogens is 1. The summed E-state index contributed by atoms with van der Waals surface area (Å²) in [5, 5.41) is 9.86. The molecule has 1 N–H and O–H groups in total. The average Bonchev–Trinajstić information content (AvgIpc) is 2.24. The van der Waals surface area contributed by atoms with E-state index in [1.54, 1.807) is 4.90 Å². The summed E-state index contributed by atoms with van der Waals surface area (Å²) >= 11 is 5.90. The van der Waals surface area contributed by atoms with E-state index >= 15 is 0 Å². The van der Waals surface area contributed by atoms with Gasteiger partial charge in [-0.3, -0.25) is 4.79 Å². The van der Waals surface area contributed by atoms with Gasteiger partial charge in [0.2, 0.25) is 5.91 Å². The quantitative estimate of drug-likeness (QED) is 0.891. The van der Waals surface area contributed by atoms with E-state index in [9.17, 15) is 4.79 Å². The largest absolute Gasteiger partial charge is 0.389 e. The molecular weight excluding hydrogens is 238 g/mol. The van der Waals surface area contributed by atoms with Crippen LogP contribution >= 0.6 is 11.6 Å². The third-order valence-electron chi connectivity index (χ3n) is 3.03. The number of benzene rings is 1. The smallest absolute Gasteiger partial charge is 0.225 e. The van der Waals surface area contributed by atoms with Crippen molar-refractivity contribution in [2.75, 3.05) is 13.1 Å². The fourth-order valence-electron chi connectivity index (χ4n) is 2.05. The summed E-state index contributed by atoms with van der Waals surface area (Å²) in [4.78, 5) is 13.6. The molecule has 3 nitrogen and oxygen atoms in total. The molecule has 1 fully saturated rings. The molecule has 1 saturated heterocycles. The van der Waals surface area contributed by atoms with Crippen molar-refractivity contribution in [2.24, 2.45) is 5.92 Å². The lowest BCUT2D eigenvalue weighted by Crippen LogP contribution is -2.55. The first-order valence-corrected chi connectivity index (χ1v) is 6.15. The van der Waals surface area contributed by atoms with Crippen LogP contribution < -0.4 is 0 Å². The minimum atomic E-state index is -0.336. The molecule has 1 aliphatic rings. The van der Waals surface area contributed by atoms with Gasteiger partial charge in [0.05, 0.1) is 6.10 Å². The molecule has 0 bridgehead atoms. The number of aliphatic hydroxyl groups is 1. The lowest BCUT2D eigenvalue weighted by Gasteiger charge is -2.37. The molecule has 17 heavy (non-hydrogen) atoms. The predicted molar refractivity (Wildman–Crippen MR) is 66.9 cm³/mol. The molecule has 2 rings (SSSR count). The zero-order chi connectivity index (χ0) is 12.4. The number of aliphatic hydroxyl groups excluding tert-OH is 1. The van der Waals surface area contributed by atoms with E-state index in [2.05, 4.69) is 0 Å². The Bertz CT molecular complexity index is 416. The van der Waals surface area contributed by atoms with Crippen LogP contribution in [0.5, 0.6) is 0 Å². The molecule has 0 spiro atoms. The van der Waals surface area contributed by atoms with Gasteiger partial charge in [0.25, 0.3) is 0 Å². The van der Waals surface area contributed by atoms with Crippen molar-refractivity contribution < 1.29 is 9.90 Å². The van der Waals surface area contributed by atoms with E-state index < -0.39 is 0 Å². The van der Waals surface area contributed by atoms with Crippen LogP contribution in [-0.4, -0.2) is 35.1 Å². The minimum absolute atomic E-state index is 0.0685. The van der Waals surface area contributed by atoms with Gasteiger partial charge in [0.1, 0.15) is 0 Å². The molecule has 4 heteroatoms. The zero-order valence-electron chi connectivity index (χ0n) is 9.77. The second kappa shape index (κ2) is 5.07. The molecule has 0 saturated carbocycles. The molecule has 92 valence electrons. The first-order chi connectivity index (χ1) is 8.06. The number of likely N-dealkylation sites (tertiary alicyclic amines) is 1. The van der Waals surface area contributed by atoms with Crippen LogP contribution in [-0.2, 0) is 11.2 Å². The van der Waals surface area contributed by atoms with Gasteiger partial charge in [0.15, 0.2) is 0 Å². The Labute approximate surface area is 106 Å². The van der Waals surface area contributed by atoms with Gasteiger partial charge in [0, 0.05) is 24.0 Å². The second-order valence-corrected chi connectivity index (χ2v) is 5.07. The average molecular weight is 254 g/mol. The zero-order valence-corrected chi connectivity index (χ0v) is 10.5. The Morgan fingerprint density at radius 3 is 2.88 bits per heavy atom. The summed E-state index contributed by atoms with van der Waals surface area (Å²) in [5.74, 6) is 0.0382. The van der Waals surface area contributed by atoms with Crippen molar-refractivity contribution >= 4 is 17.5 Å². The van der Waals surface area contributed by atoms with E-state index in [0.717, 1.165) is 5.56 Å². The molecule has 1 heterocycles. The van der Waals surface area contributed by atoms with Gasteiger partial charge in [-0.25, -0.2) is 0 Å². The molecule has 1 amide bonds. The maximum absolute atomic E-state index is 11.9. The lowest BCUT2D eigenvalue weighted by molar-refractivity contribution is -0.145. The Morgan fingerprint density at radius 2 is 2.29 bits per heavy atom. The summed E-state index contributed by atoms with van der Waals surface area (Å²) < 4.78 is 0. The highest BCUT2D eigenvalue weighted by atomic mass is 35.5. The fourth-order valence-corrected chi connectivity index (χ4v) is 2.26. The fraction of sp³-hybridized carbons (Fsp3) is 0.462. The first kappa shape index (κ1) is 12.4. The van der Waals surface area contributed by atoms with Crippen molar-refractivity contribution in [3.63, 3.8) is 0 Å². The maximum atomic E-state index is 11.9. The van der Waals surface area contributed by atoms with Gasteiger partial charge >= 0.3 is 0 Å². The lowest BCUT2D eigenvalue weighted by atomic mass is 9.98. The Morgan fingerprint density at radius 1 is 1.59 bits per heavy atom. The Hall–Kier alpha value is -1.06. The van der Waals surface area contributed by atoms with Crippen LogP contribution in [0.2, 0.25) is 5.02 Å². The monoisotopic (exact) mass is 253 g/mol. The number of β-amino-alcohol motifs (C(OH)–C–C–N with tert-alkyl or cyclic N) is 1. The number of hydrogen-bond acceptors (Lipinski definition) is 2. The van der Waals surface area contributed by atoms with Gasteiger partial charge in [-0.15, -0.1) is 0 Å². The Kier molecular flexibility index (Phi) is 3.69. The molecule has 0 aromatic heterocycles. The van der Waals surface area contributed by atoms with E-state index in [1.807, 2.05) is 31.2 Å². The van der Waals surface area contributed by atoms with Crippen LogP contribution in [0.4, 0.5) is 0 Å².